The van der Waals surface area contributed by atoms with Crippen LogP contribution in [0.15, 0.2) is 0 Å². The van der Waals surface area contributed by atoms with Crippen molar-refractivity contribution in [3.63, 3.8) is 0 Å². The average molecular weight is 226 g/mol. The second kappa shape index (κ2) is 2.42. The highest BCUT2D eigenvalue weighted by molar-refractivity contribution is 5.88. The molecule has 2 saturated carbocycles. The highest BCUT2D eigenvalue weighted by atomic mass is 16.6. The fourth-order valence-corrected chi connectivity index (χ4v) is 3.99. The van der Waals surface area contributed by atoms with Crippen LogP contribution in [0.5, 0.6) is 0 Å². The lowest BCUT2D eigenvalue weighted by molar-refractivity contribution is -0.175. The summed E-state index contributed by atoms with van der Waals surface area (Å²) < 4.78 is 5.40. The number of carboxylic acids is 2. The second-order valence-electron chi connectivity index (χ2n) is 5.53. The van der Waals surface area contributed by atoms with Crippen molar-refractivity contribution in [3.8, 4) is 0 Å². The summed E-state index contributed by atoms with van der Waals surface area (Å²) in [5, 5.41) is 18.8. The monoisotopic (exact) mass is 226 g/mol. The van der Waals surface area contributed by atoms with Gasteiger partial charge < -0.3 is 14.9 Å². The smallest absolute Gasteiger partial charge is 0.310 e. The third-order valence-corrected chi connectivity index (χ3v) is 5.31. The molecule has 2 bridgehead atoms. The molecule has 3 fully saturated rings. The maximum Gasteiger partial charge on any atom is 0.310 e. The van der Waals surface area contributed by atoms with E-state index in [1.165, 1.54) is 0 Å². The van der Waals surface area contributed by atoms with Crippen LogP contribution in [0.1, 0.15) is 20.3 Å². The Labute approximate surface area is 92.4 Å². The van der Waals surface area contributed by atoms with Crippen molar-refractivity contribution in [1.29, 1.82) is 0 Å². The second-order valence-corrected chi connectivity index (χ2v) is 5.53. The number of carbonyl (C=O) groups is 2. The van der Waals surface area contributed by atoms with Crippen molar-refractivity contribution >= 4 is 11.9 Å². The van der Waals surface area contributed by atoms with Gasteiger partial charge in [-0.15, -0.1) is 0 Å². The molecule has 5 nitrogen and oxygen atoms in total. The van der Waals surface area contributed by atoms with Crippen LogP contribution < -0.4 is 0 Å². The van der Waals surface area contributed by atoms with Gasteiger partial charge in [0.15, 0.2) is 0 Å². The topological polar surface area (TPSA) is 87.1 Å². The van der Waals surface area contributed by atoms with Gasteiger partial charge in [0.2, 0.25) is 0 Å². The summed E-state index contributed by atoms with van der Waals surface area (Å²) in [6.07, 6.45) is 0.637. The van der Waals surface area contributed by atoms with Gasteiger partial charge in [-0.3, -0.25) is 9.59 Å². The van der Waals surface area contributed by atoms with Crippen LogP contribution >= 0.6 is 0 Å². The lowest BCUT2D eigenvalue weighted by atomic mass is 9.57. The number of rotatable bonds is 2. The quantitative estimate of drug-likeness (QED) is 0.673. The van der Waals surface area contributed by atoms with Crippen LogP contribution in [0.4, 0.5) is 0 Å². The van der Waals surface area contributed by atoms with Gasteiger partial charge in [-0.1, -0.05) is 0 Å². The van der Waals surface area contributed by atoms with E-state index in [-0.39, 0.29) is 24.0 Å². The zero-order valence-electron chi connectivity index (χ0n) is 9.14. The molecule has 3 aliphatic rings. The number of ether oxygens (including phenoxy) is 1. The molecule has 16 heavy (non-hydrogen) atoms. The molecule has 88 valence electrons. The molecule has 3 rings (SSSR count). The lowest BCUT2D eigenvalue weighted by Crippen LogP contribution is -2.54. The molecule has 0 radical (unpaired) electrons. The van der Waals surface area contributed by atoms with Gasteiger partial charge in [-0.25, -0.2) is 0 Å². The van der Waals surface area contributed by atoms with E-state index >= 15 is 0 Å². The molecule has 0 aromatic heterocycles. The number of hydrogen-bond donors (Lipinski definition) is 2. The lowest BCUT2D eigenvalue weighted by Gasteiger charge is -2.41. The maximum atomic E-state index is 11.5. The predicted molar refractivity (Wildman–Crippen MR) is 51.7 cm³/mol. The SMILES string of the molecule is CC1(C(=O)O)C2CC(C3OC32)C1(C)C(=O)O. The Bertz CT molecular complexity index is 369. The Kier molecular flexibility index (Phi) is 1.53. The van der Waals surface area contributed by atoms with Crippen molar-refractivity contribution < 1.29 is 24.5 Å². The van der Waals surface area contributed by atoms with Gasteiger partial charge in [0.05, 0.1) is 23.0 Å². The van der Waals surface area contributed by atoms with Gasteiger partial charge in [0.25, 0.3) is 0 Å². The number of aliphatic carboxylic acids is 2. The third-order valence-electron chi connectivity index (χ3n) is 5.31. The Morgan fingerprint density at radius 1 is 1.06 bits per heavy atom. The van der Waals surface area contributed by atoms with Crippen molar-refractivity contribution in [1.82, 2.24) is 0 Å². The minimum Gasteiger partial charge on any atom is -0.481 e. The average Bonchev–Trinajstić information content (AvgIpc) is 2.84. The summed E-state index contributed by atoms with van der Waals surface area (Å²) >= 11 is 0. The summed E-state index contributed by atoms with van der Waals surface area (Å²) in [4.78, 5) is 23.0. The van der Waals surface area contributed by atoms with E-state index < -0.39 is 22.8 Å². The normalized spacial score (nSPS) is 57.1. The molecule has 6 unspecified atom stereocenters. The van der Waals surface area contributed by atoms with Gasteiger partial charge in [0.1, 0.15) is 0 Å². The van der Waals surface area contributed by atoms with E-state index in [4.69, 9.17) is 4.74 Å². The van der Waals surface area contributed by atoms with E-state index in [0.29, 0.717) is 6.42 Å². The van der Waals surface area contributed by atoms with Gasteiger partial charge >= 0.3 is 11.9 Å². The minimum absolute atomic E-state index is 0.0153. The van der Waals surface area contributed by atoms with Gasteiger partial charge in [-0.2, -0.15) is 0 Å². The molecule has 1 heterocycles. The summed E-state index contributed by atoms with van der Waals surface area (Å²) in [7, 11) is 0. The van der Waals surface area contributed by atoms with Crippen molar-refractivity contribution in [2.75, 3.05) is 0 Å². The molecule has 0 aromatic carbocycles. The van der Waals surface area contributed by atoms with Crippen LogP contribution in [-0.2, 0) is 14.3 Å². The largest absolute Gasteiger partial charge is 0.481 e. The van der Waals surface area contributed by atoms with Crippen LogP contribution in [0.2, 0.25) is 0 Å². The zero-order chi connectivity index (χ0) is 11.9. The molecule has 5 heteroatoms. The Balaban J connectivity index is 2.15. The first-order valence-corrected chi connectivity index (χ1v) is 5.47. The molecule has 0 aromatic rings. The first-order chi connectivity index (χ1) is 7.35. The van der Waals surface area contributed by atoms with Crippen LogP contribution in [0.3, 0.4) is 0 Å². The minimum atomic E-state index is -1.21. The predicted octanol–water partition coefficient (Wildman–Crippen LogP) is 0.585. The maximum absolute atomic E-state index is 11.5. The molecular weight excluding hydrogens is 212 g/mol. The fourth-order valence-electron chi connectivity index (χ4n) is 3.99. The van der Waals surface area contributed by atoms with Crippen molar-refractivity contribution in [3.05, 3.63) is 0 Å². The van der Waals surface area contributed by atoms with E-state index in [1.807, 2.05) is 0 Å². The van der Waals surface area contributed by atoms with Crippen molar-refractivity contribution in [2.24, 2.45) is 22.7 Å². The molecule has 1 aliphatic heterocycles. The number of carboxylic acid groups (broad SMARTS) is 2. The first-order valence-electron chi connectivity index (χ1n) is 5.47. The Hall–Kier alpha value is -1.10. The van der Waals surface area contributed by atoms with Gasteiger partial charge in [-0.05, 0) is 20.3 Å². The van der Waals surface area contributed by atoms with E-state index in [1.54, 1.807) is 13.8 Å². The molecule has 6 atom stereocenters. The van der Waals surface area contributed by atoms with E-state index in [9.17, 15) is 19.8 Å². The summed E-state index contributed by atoms with van der Waals surface area (Å²) in [6.45, 7) is 3.12. The highest BCUT2D eigenvalue weighted by Gasteiger charge is 2.81. The Morgan fingerprint density at radius 3 is 1.75 bits per heavy atom. The number of hydrogen-bond acceptors (Lipinski definition) is 3. The molecular formula is C11H14O5. The van der Waals surface area contributed by atoms with Crippen molar-refractivity contribution in [2.45, 2.75) is 32.5 Å². The number of epoxide rings is 1. The molecule has 0 spiro atoms. The highest BCUT2D eigenvalue weighted by Crippen LogP contribution is 2.72. The molecule has 0 amide bonds. The summed E-state index contributed by atoms with van der Waals surface area (Å²) in [5.41, 5.74) is -2.41. The molecule has 2 N–H and O–H groups in total. The molecule has 1 saturated heterocycles. The number of fused-ring (bicyclic) bond motifs is 5. The van der Waals surface area contributed by atoms with Crippen LogP contribution in [0.25, 0.3) is 0 Å². The molecule has 2 aliphatic carbocycles. The van der Waals surface area contributed by atoms with E-state index in [2.05, 4.69) is 0 Å². The van der Waals surface area contributed by atoms with Crippen LogP contribution in [-0.4, -0.2) is 34.4 Å². The summed E-state index contributed by atoms with van der Waals surface area (Å²) in [6, 6.07) is 0. The Morgan fingerprint density at radius 2 is 1.44 bits per heavy atom. The van der Waals surface area contributed by atoms with Crippen LogP contribution in [0, 0.1) is 22.7 Å². The zero-order valence-corrected chi connectivity index (χ0v) is 9.14. The van der Waals surface area contributed by atoms with E-state index in [0.717, 1.165) is 0 Å². The standard InChI is InChI=1S/C11H14O5/c1-10(8(12)13)4-3-5(7-6(4)16-7)11(10,2)9(14)15/h4-7H,3H2,1-2H3,(H,12,13)(H,14,15). The third kappa shape index (κ3) is 0.734. The van der Waals surface area contributed by atoms with Gasteiger partial charge in [0, 0.05) is 11.8 Å². The summed E-state index contributed by atoms with van der Waals surface area (Å²) in [5.74, 6) is -2.33. The fraction of sp³-hybridized carbons (Fsp3) is 0.818. The first kappa shape index (κ1) is 10.1.